The fraction of sp³-hybridized carbons (Fsp3) is 0.562. The number of hydrogen-bond donors (Lipinski definition) is 2. The van der Waals surface area contributed by atoms with Gasteiger partial charge in [0.2, 0.25) is 5.95 Å². The number of aromatic amines is 1. The first-order chi connectivity index (χ1) is 9.70. The molecule has 2 N–H and O–H groups in total. The number of nitrogens with zero attached hydrogens (tertiary/aromatic N) is 2. The number of benzene rings is 1. The number of nitrogens with one attached hydrogen (secondary N) is 2. The summed E-state index contributed by atoms with van der Waals surface area (Å²) in [5.74, 6) is 2.40. The van der Waals surface area contributed by atoms with E-state index in [0.29, 0.717) is 0 Å². The van der Waals surface area contributed by atoms with E-state index >= 15 is 0 Å². The highest BCUT2D eigenvalue weighted by Gasteiger charge is 2.22. The van der Waals surface area contributed by atoms with E-state index in [1.807, 2.05) is 18.2 Å². The molecule has 1 atom stereocenters. The summed E-state index contributed by atoms with van der Waals surface area (Å²) in [7, 11) is 0. The largest absolute Gasteiger partial charge is 0.355 e. The summed E-state index contributed by atoms with van der Waals surface area (Å²) in [4.78, 5) is 10.5. The molecule has 2 heterocycles. The average Bonchev–Trinajstić information content (AvgIpc) is 3.01. The number of anilines is 1. The predicted molar refractivity (Wildman–Crippen MR) is 84.0 cm³/mol. The molecular weight excluding hydrogens is 248 g/mol. The maximum Gasteiger partial charge on any atom is 0.201 e. The van der Waals surface area contributed by atoms with Gasteiger partial charge in [-0.3, -0.25) is 0 Å². The molecule has 4 nitrogen and oxygen atoms in total. The van der Waals surface area contributed by atoms with E-state index in [0.717, 1.165) is 35.4 Å². The van der Waals surface area contributed by atoms with E-state index in [1.54, 1.807) is 0 Å². The Hall–Kier alpha value is -1.55. The first-order valence-electron chi connectivity index (χ1n) is 7.61. The van der Waals surface area contributed by atoms with Crippen LogP contribution < -0.4 is 5.32 Å². The van der Waals surface area contributed by atoms with Crippen LogP contribution in [0.1, 0.15) is 20.3 Å². The van der Waals surface area contributed by atoms with Crippen LogP contribution in [0.15, 0.2) is 24.3 Å². The van der Waals surface area contributed by atoms with Crippen molar-refractivity contribution in [3.05, 3.63) is 24.3 Å². The van der Waals surface area contributed by atoms with Gasteiger partial charge in [0.05, 0.1) is 11.0 Å². The lowest BCUT2D eigenvalue weighted by atomic mass is 10.1. The van der Waals surface area contributed by atoms with Crippen LogP contribution in [0.5, 0.6) is 0 Å². The van der Waals surface area contributed by atoms with Gasteiger partial charge in [-0.25, -0.2) is 4.98 Å². The molecule has 0 saturated carbocycles. The van der Waals surface area contributed by atoms with Crippen molar-refractivity contribution in [2.24, 2.45) is 11.8 Å². The number of aromatic nitrogens is 2. The van der Waals surface area contributed by atoms with Gasteiger partial charge in [0.1, 0.15) is 0 Å². The monoisotopic (exact) mass is 272 g/mol. The Kier molecular flexibility index (Phi) is 3.92. The number of imidazole rings is 1. The second-order valence-corrected chi connectivity index (χ2v) is 6.29. The second-order valence-electron chi connectivity index (χ2n) is 6.29. The first-order valence-corrected chi connectivity index (χ1v) is 7.61. The van der Waals surface area contributed by atoms with Gasteiger partial charge >= 0.3 is 0 Å². The van der Waals surface area contributed by atoms with Crippen molar-refractivity contribution in [3.8, 4) is 0 Å². The Bertz CT molecular complexity index is 527. The van der Waals surface area contributed by atoms with Gasteiger partial charge in [0.25, 0.3) is 0 Å². The van der Waals surface area contributed by atoms with E-state index in [2.05, 4.69) is 40.1 Å². The molecule has 1 fully saturated rings. The molecule has 1 saturated heterocycles. The number of likely N-dealkylation sites (tertiary alicyclic amines) is 1. The molecule has 3 rings (SSSR count). The normalized spacial score (nSPS) is 20.1. The molecule has 108 valence electrons. The molecule has 0 amide bonds. The average molecular weight is 272 g/mol. The van der Waals surface area contributed by atoms with Crippen molar-refractivity contribution in [1.29, 1.82) is 0 Å². The van der Waals surface area contributed by atoms with Crippen molar-refractivity contribution in [2.45, 2.75) is 20.3 Å². The van der Waals surface area contributed by atoms with Gasteiger partial charge in [-0.2, -0.15) is 0 Å². The second kappa shape index (κ2) is 5.83. The van der Waals surface area contributed by atoms with Crippen LogP contribution in [-0.4, -0.2) is 41.0 Å². The Labute approximate surface area is 120 Å². The molecule has 4 heteroatoms. The predicted octanol–water partition coefficient (Wildman–Crippen LogP) is 2.95. The van der Waals surface area contributed by atoms with Crippen molar-refractivity contribution >= 4 is 17.0 Å². The highest BCUT2D eigenvalue weighted by Crippen LogP contribution is 2.19. The number of hydrogen-bond acceptors (Lipinski definition) is 3. The van der Waals surface area contributed by atoms with Crippen LogP contribution in [0.25, 0.3) is 11.0 Å². The first kappa shape index (κ1) is 13.4. The standard InChI is InChI=1S/C16H24N4/c1-12(2)10-20-8-7-13(11-20)9-17-16-18-14-5-3-4-6-15(14)19-16/h3-6,12-13H,7-11H2,1-2H3,(H2,17,18,19). The SMILES string of the molecule is CC(C)CN1CCC(CNc2nc3ccccc3[nH]2)C1. The molecule has 1 unspecified atom stereocenters. The summed E-state index contributed by atoms with van der Waals surface area (Å²) >= 11 is 0. The van der Waals surface area contributed by atoms with Crippen LogP contribution in [0, 0.1) is 11.8 Å². The molecule has 1 aliphatic heterocycles. The summed E-state index contributed by atoms with van der Waals surface area (Å²) in [6, 6.07) is 8.16. The number of fused-ring (bicyclic) bond motifs is 1. The summed E-state index contributed by atoms with van der Waals surface area (Å²) in [6.07, 6.45) is 1.29. The minimum absolute atomic E-state index is 0.738. The fourth-order valence-corrected chi connectivity index (χ4v) is 3.04. The molecule has 1 aromatic carbocycles. The van der Waals surface area contributed by atoms with E-state index in [-0.39, 0.29) is 0 Å². The lowest BCUT2D eigenvalue weighted by Crippen LogP contribution is -2.26. The minimum Gasteiger partial charge on any atom is -0.355 e. The highest BCUT2D eigenvalue weighted by molar-refractivity contribution is 5.77. The van der Waals surface area contributed by atoms with E-state index in [1.165, 1.54) is 26.1 Å². The van der Waals surface area contributed by atoms with E-state index in [4.69, 9.17) is 0 Å². The fourth-order valence-electron chi connectivity index (χ4n) is 3.04. The van der Waals surface area contributed by atoms with Crippen molar-refractivity contribution in [3.63, 3.8) is 0 Å². The van der Waals surface area contributed by atoms with Crippen molar-refractivity contribution in [2.75, 3.05) is 31.5 Å². The van der Waals surface area contributed by atoms with Crippen LogP contribution in [0.4, 0.5) is 5.95 Å². The summed E-state index contributed by atoms with van der Waals surface area (Å²) in [5.41, 5.74) is 2.13. The Morgan fingerprint density at radius 3 is 3.05 bits per heavy atom. The van der Waals surface area contributed by atoms with Crippen LogP contribution in [-0.2, 0) is 0 Å². The zero-order valence-corrected chi connectivity index (χ0v) is 12.4. The van der Waals surface area contributed by atoms with Crippen LogP contribution in [0.2, 0.25) is 0 Å². The molecule has 1 aliphatic rings. The van der Waals surface area contributed by atoms with Gasteiger partial charge in [0, 0.05) is 19.6 Å². The molecule has 0 radical (unpaired) electrons. The quantitative estimate of drug-likeness (QED) is 0.879. The molecular formula is C16H24N4. The van der Waals surface area contributed by atoms with Crippen molar-refractivity contribution < 1.29 is 0 Å². The Balaban J connectivity index is 1.52. The van der Waals surface area contributed by atoms with Gasteiger partial charge in [-0.05, 0) is 36.9 Å². The van der Waals surface area contributed by atoms with E-state index in [9.17, 15) is 0 Å². The minimum atomic E-state index is 0.738. The van der Waals surface area contributed by atoms with Gasteiger partial charge in [-0.15, -0.1) is 0 Å². The van der Waals surface area contributed by atoms with Gasteiger partial charge in [0.15, 0.2) is 0 Å². The maximum absolute atomic E-state index is 4.56. The smallest absolute Gasteiger partial charge is 0.201 e. The number of para-hydroxylation sites is 2. The molecule has 20 heavy (non-hydrogen) atoms. The van der Waals surface area contributed by atoms with Crippen molar-refractivity contribution in [1.82, 2.24) is 14.9 Å². The third-order valence-corrected chi connectivity index (χ3v) is 3.94. The van der Waals surface area contributed by atoms with Crippen LogP contribution >= 0.6 is 0 Å². The van der Waals surface area contributed by atoms with Gasteiger partial charge in [-0.1, -0.05) is 26.0 Å². The summed E-state index contributed by atoms with van der Waals surface area (Å²) < 4.78 is 0. The lowest BCUT2D eigenvalue weighted by molar-refractivity contribution is 0.289. The molecule has 0 aliphatic carbocycles. The lowest BCUT2D eigenvalue weighted by Gasteiger charge is -2.18. The molecule has 2 aromatic rings. The summed E-state index contributed by atoms with van der Waals surface area (Å²) in [6.45, 7) is 9.27. The Morgan fingerprint density at radius 2 is 2.25 bits per heavy atom. The van der Waals surface area contributed by atoms with Crippen LogP contribution in [0.3, 0.4) is 0 Å². The molecule has 1 aromatic heterocycles. The molecule has 0 spiro atoms. The maximum atomic E-state index is 4.56. The zero-order valence-electron chi connectivity index (χ0n) is 12.4. The Morgan fingerprint density at radius 1 is 1.40 bits per heavy atom. The summed E-state index contributed by atoms with van der Waals surface area (Å²) in [5, 5.41) is 3.46. The highest BCUT2D eigenvalue weighted by atomic mass is 15.2. The van der Waals surface area contributed by atoms with E-state index < -0.39 is 0 Å². The number of H-pyrrole nitrogens is 1. The zero-order chi connectivity index (χ0) is 13.9. The molecule has 0 bridgehead atoms. The van der Waals surface area contributed by atoms with Gasteiger partial charge < -0.3 is 15.2 Å². The number of rotatable bonds is 5. The third-order valence-electron chi connectivity index (χ3n) is 3.94. The topological polar surface area (TPSA) is 44.0 Å². The third kappa shape index (κ3) is 3.12.